The Labute approximate surface area is 244 Å². The molecule has 10 heteroatoms. The van der Waals surface area contributed by atoms with Gasteiger partial charge in [0.15, 0.2) is 0 Å². The minimum Gasteiger partial charge on any atom is -0.497 e. The van der Waals surface area contributed by atoms with Crippen LogP contribution < -0.4 is 4.74 Å². The van der Waals surface area contributed by atoms with E-state index in [1.54, 1.807) is 12.0 Å². The predicted molar refractivity (Wildman–Crippen MR) is 154 cm³/mol. The SMILES string of the molecule is CC/C1=C(c2cn[nH]c2)/C=C\C(N2CC3(CCN(C(=O)[C@H]4CC4(F)F)CC3)N(Cc3cccc(OC)c3)C2=O)=C/CC1. The minimum absolute atomic E-state index is 0.0904. The molecule has 6 rings (SSSR count). The Morgan fingerprint density at radius 3 is 2.67 bits per heavy atom. The Morgan fingerprint density at radius 1 is 1.21 bits per heavy atom. The Kier molecular flexibility index (Phi) is 7.41. The first-order valence-electron chi connectivity index (χ1n) is 14.7. The molecule has 1 spiro atoms. The lowest BCUT2D eigenvalue weighted by atomic mass is 9.86. The van der Waals surface area contributed by atoms with E-state index in [4.69, 9.17) is 4.74 Å². The van der Waals surface area contributed by atoms with Gasteiger partial charge in [-0.15, -0.1) is 0 Å². The van der Waals surface area contributed by atoms with Crippen LogP contribution >= 0.6 is 0 Å². The monoisotopic (exact) mass is 577 g/mol. The number of hydrogen-bond donors (Lipinski definition) is 1. The maximum atomic E-state index is 14.2. The van der Waals surface area contributed by atoms with Crippen molar-refractivity contribution in [3.63, 3.8) is 0 Å². The van der Waals surface area contributed by atoms with Gasteiger partial charge >= 0.3 is 6.03 Å². The molecule has 3 heterocycles. The van der Waals surface area contributed by atoms with Gasteiger partial charge in [-0.3, -0.25) is 14.8 Å². The minimum atomic E-state index is -2.89. The van der Waals surface area contributed by atoms with E-state index in [0.29, 0.717) is 44.8 Å². The number of nitrogens with zero attached hydrogens (tertiary/aromatic N) is 4. The van der Waals surface area contributed by atoms with Gasteiger partial charge < -0.3 is 14.5 Å². The average Bonchev–Trinajstić information content (AvgIpc) is 3.26. The van der Waals surface area contributed by atoms with Crippen LogP contribution in [0.4, 0.5) is 13.6 Å². The first-order valence-corrected chi connectivity index (χ1v) is 14.7. The second-order valence-corrected chi connectivity index (χ2v) is 11.7. The number of alkyl halides is 2. The summed E-state index contributed by atoms with van der Waals surface area (Å²) in [7, 11) is 1.61. The van der Waals surface area contributed by atoms with Crippen molar-refractivity contribution in [1.82, 2.24) is 24.9 Å². The quantitative estimate of drug-likeness (QED) is 0.453. The number of nitrogens with one attached hydrogen (secondary N) is 1. The number of benzene rings is 1. The number of amides is 3. The summed E-state index contributed by atoms with van der Waals surface area (Å²) in [6.07, 6.45) is 13.2. The molecular weight excluding hydrogens is 540 g/mol. The van der Waals surface area contributed by atoms with Crippen LogP contribution in [0.15, 0.2) is 66.2 Å². The number of carbonyl (C=O) groups is 2. The summed E-state index contributed by atoms with van der Waals surface area (Å²) in [6.45, 7) is 3.71. The number of ether oxygens (including phenoxy) is 1. The van der Waals surface area contributed by atoms with Crippen molar-refractivity contribution in [1.29, 1.82) is 0 Å². The fourth-order valence-corrected chi connectivity index (χ4v) is 6.61. The fraction of sp³-hybridized carbons (Fsp3) is 0.469. The number of hydrogen-bond acceptors (Lipinski definition) is 4. The highest BCUT2D eigenvalue weighted by Gasteiger charge is 2.63. The van der Waals surface area contributed by atoms with Crippen LogP contribution in [0.1, 0.15) is 56.6 Å². The Balaban J connectivity index is 1.28. The number of rotatable bonds is 7. The van der Waals surface area contributed by atoms with Crippen LogP contribution in [0.3, 0.4) is 0 Å². The second kappa shape index (κ2) is 11.0. The summed E-state index contributed by atoms with van der Waals surface area (Å²) in [6, 6.07) is 7.59. The van der Waals surface area contributed by atoms with Crippen molar-refractivity contribution < 1.29 is 23.1 Å². The van der Waals surface area contributed by atoms with Gasteiger partial charge in [0.1, 0.15) is 11.7 Å². The van der Waals surface area contributed by atoms with Gasteiger partial charge in [0.2, 0.25) is 5.91 Å². The van der Waals surface area contributed by atoms with Crippen molar-refractivity contribution in [3.05, 3.63) is 77.3 Å². The number of piperidine rings is 1. The number of likely N-dealkylation sites (tertiary alicyclic amines) is 1. The summed E-state index contributed by atoms with van der Waals surface area (Å²) < 4.78 is 32.7. The molecule has 2 saturated heterocycles. The van der Waals surface area contributed by atoms with Crippen molar-refractivity contribution in [3.8, 4) is 5.75 Å². The molecule has 1 atom stereocenters. The number of H-pyrrole nitrogens is 1. The molecule has 8 nitrogen and oxygen atoms in total. The van der Waals surface area contributed by atoms with Crippen LogP contribution in [0, 0.1) is 5.92 Å². The topological polar surface area (TPSA) is 81.8 Å². The summed E-state index contributed by atoms with van der Waals surface area (Å²) in [5, 5.41) is 7.03. The Bertz CT molecular complexity index is 1440. The summed E-state index contributed by atoms with van der Waals surface area (Å²) in [4.78, 5) is 32.3. The number of aromatic amines is 1. The third kappa shape index (κ3) is 5.23. The van der Waals surface area contributed by atoms with Crippen molar-refractivity contribution in [2.24, 2.45) is 5.92 Å². The van der Waals surface area contributed by atoms with E-state index in [0.717, 1.165) is 41.7 Å². The smallest absolute Gasteiger partial charge is 0.325 e. The Morgan fingerprint density at radius 2 is 2.00 bits per heavy atom. The molecule has 3 amide bonds. The molecule has 0 unspecified atom stereocenters. The van der Waals surface area contributed by atoms with E-state index in [9.17, 15) is 18.4 Å². The van der Waals surface area contributed by atoms with E-state index < -0.39 is 23.3 Å². The van der Waals surface area contributed by atoms with Gasteiger partial charge in [-0.1, -0.05) is 36.8 Å². The second-order valence-electron chi connectivity index (χ2n) is 11.7. The third-order valence-corrected chi connectivity index (χ3v) is 9.24. The van der Waals surface area contributed by atoms with Gasteiger partial charge in [-0.25, -0.2) is 13.6 Å². The number of allylic oxidation sites excluding steroid dienone is 5. The van der Waals surface area contributed by atoms with Gasteiger partial charge in [-0.05, 0) is 61.4 Å². The fourth-order valence-electron chi connectivity index (χ4n) is 6.61. The number of aromatic nitrogens is 2. The highest BCUT2D eigenvalue weighted by Crippen LogP contribution is 2.50. The summed E-state index contributed by atoms with van der Waals surface area (Å²) >= 11 is 0. The van der Waals surface area contributed by atoms with E-state index >= 15 is 0 Å². The maximum absolute atomic E-state index is 14.2. The number of carbonyl (C=O) groups excluding carboxylic acids is 2. The lowest BCUT2D eigenvalue weighted by Gasteiger charge is -2.44. The maximum Gasteiger partial charge on any atom is 0.325 e. The zero-order chi connectivity index (χ0) is 29.5. The third-order valence-electron chi connectivity index (χ3n) is 9.24. The molecule has 1 aromatic heterocycles. The summed E-state index contributed by atoms with van der Waals surface area (Å²) in [5.41, 5.74) is 4.74. The molecule has 2 aromatic rings. The number of halogens is 2. The number of methoxy groups -OCH3 is 1. The first-order chi connectivity index (χ1) is 20.2. The standard InChI is InChI=1S/C32H37F2N5O3/c1-3-23-7-5-8-25(10-11-27(23)24-18-35-36-19-24)38-21-31(12-14-37(15-13-31)29(40)28-17-32(28,33)34)39(30(38)41)20-22-6-4-9-26(16-22)42-2/h4,6,8-11,16,18-19,28H,3,5,7,12-15,17,20-21H2,1-2H3,(H,35,36)/b11-10-,25-8+,27-23+/t28-/m1/s1. The average molecular weight is 578 g/mol. The van der Waals surface area contributed by atoms with E-state index in [1.807, 2.05) is 52.5 Å². The van der Waals surface area contributed by atoms with Crippen molar-refractivity contribution >= 4 is 17.5 Å². The molecule has 3 fully saturated rings. The summed E-state index contributed by atoms with van der Waals surface area (Å²) in [5.74, 6) is -3.83. The largest absolute Gasteiger partial charge is 0.497 e. The molecule has 2 aliphatic heterocycles. The Hall–Kier alpha value is -3.95. The van der Waals surface area contributed by atoms with Crippen LogP contribution in [-0.4, -0.2) is 75.0 Å². The lowest BCUT2D eigenvalue weighted by Crippen LogP contribution is -2.55. The van der Waals surface area contributed by atoms with Crippen molar-refractivity contribution in [2.45, 2.75) is 63.5 Å². The zero-order valence-electron chi connectivity index (χ0n) is 24.1. The van der Waals surface area contributed by atoms with Crippen LogP contribution in [0.25, 0.3) is 5.57 Å². The molecular formula is C32H37F2N5O3. The number of urea groups is 1. The van der Waals surface area contributed by atoms with Crippen LogP contribution in [0.2, 0.25) is 0 Å². The molecule has 1 aromatic carbocycles. The molecule has 0 radical (unpaired) electrons. The molecule has 1 saturated carbocycles. The van der Waals surface area contributed by atoms with Gasteiger partial charge in [0.05, 0.1) is 25.4 Å². The van der Waals surface area contributed by atoms with Crippen LogP contribution in [0.5, 0.6) is 5.75 Å². The molecule has 0 bridgehead atoms. The molecule has 1 N–H and O–H groups in total. The normalized spacial score (nSPS) is 27.0. The van der Waals surface area contributed by atoms with Gasteiger partial charge in [-0.2, -0.15) is 5.10 Å². The van der Waals surface area contributed by atoms with Crippen molar-refractivity contribution in [2.75, 3.05) is 26.7 Å². The zero-order valence-corrected chi connectivity index (χ0v) is 24.1. The molecule has 222 valence electrons. The van der Waals surface area contributed by atoms with E-state index in [-0.39, 0.29) is 12.5 Å². The lowest BCUT2D eigenvalue weighted by molar-refractivity contribution is -0.137. The molecule has 42 heavy (non-hydrogen) atoms. The van der Waals surface area contributed by atoms with Gasteiger partial charge in [0.25, 0.3) is 5.92 Å². The first kappa shape index (κ1) is 28.2. The highest BCUT2D eigenvalue weighted by molar-refractivity contribution is 5.84. The molecule has 2 aliphatic carbocycles. The van der Waals surface area contributed by atoms with Gasteiger partial charge in [0, 0.05) is 43.5 Å². The molecule has 4 aliphatic rings. The van der Waals surface area contributed by atoms with E-state index in [2.05, 4.69) is 29.3 Å². The van der Waals surface area contributed by atoms with E-state index in [1.165, 1.54) is 5.57 Å². The highest BCUT2D eigenvalue weighted by atomic mass is 19.3. The predicted octanol–water partition coefficient (Wildman–Crippen LogP) is 5.77. The van der Waals surface area contributed by atoms with Crippen LogP contribution in [-0.2, 0) is 11.3 Å².